The van der Waals surface area contributed by atoms with Crippen molar-refractivity contribution in [2.24, 2.45) is 10.7 Å². The van der Waals surface area contributed by atoms with Crippen LogP contribution in [-0.4, -0.2) is 22.5 Å². The first-order valence-electron chi connectivity index (χ1n) is 6.04. The van der Waals surface area contributed by atoms with Gasteiger partial charge >= 0.3 is 6.36 Å². The van der Waals surface area contributed by atoms with Gasteiger partial charge in [0.2, 0.25) is 5.89 Å². The molecule has 0 bridgehead atoms. The molecule has 1 heterocycles. The number of rotatable bonds is 4. The minimum atomic E-state index is -4.72. The summed E-state index contributed by atoms with van der Waals surface area (Å²) >= 11 is 0. The number of anilines is 1. The topological polar surface area (TPSA) is 98.6 Å². The maximum atomic E-state index is 12.0. The van der Waals surface area contributed by atoms with E-state index in [1.807, 2.05) is 0 Å². The number of aryl methyl sites for hydroxylation is 1. The maximum absolute atomic E-state index is 12.0. The molecule has 0 radical (unpaired) electrons. The smallest absolute Gasteiger partial charge is 0.406 e. The number of alkyl halides is 3. The van der Waals surface area contributed by atoms with Gasteiger partial charge in [-0.3, -0.25) is 0 Å². The van der Waals surface area contributed by atoms with Gasteiger partial charge in [0, 0.05) is 12.6 Å². The maximum Gasteiger partial charge on any atom is 0.573 e. The molecule has 0 atom stereocenters. The van der Waals surface area contributed by atoms with Crippen molar-refractivity contribution < 1.29 is 22.4 Å². The molecule has 0 saturated carbocycles. The summed E-state index contributed by atoms with van der Waals surface area (Å²) in [5.74, 6) is 0.524. The zero-order valence-corrected chi connectivity index (χ0v) is 14.1. The van der Waals surface area contributed by atoms with Crippen LogP contribution in [0, 0.1) is 6.92 Å². The summed E-state index contributed by atoms with van der Waals surface area (Å²) in [5.41, 5.74) is 6.10. The van der Waals surface area contributed by atoms with Crippen LogP contribution >= 0.6 is 24.0 Å². The monoisotopic (exact) mass is 443 g/mol. The van der Waals surface area contributed by atoms with Crippen LogP contribution in [0.3, 0.4) is 0 Å². The lowest BCUT2D eigenvalue weighted by Gasteiger charge is -2.10. The van der Waals surface area contributed by atoms with Crippen molar-refractivity contribution in [1.82, 2.24) is 10.1 Å². The summed E-state index contributed by atoms with van der Waals surface area (Å²) in [4.78, 5) is 7.92. The van der Waals surface area contributed by atoms with Crippen molar-refractivity contribution >= 4 is 35.6 Å². The standard InChI is InChI=1S/C12H12F3N5O2.HI/c1-7-18-10(20-22-7)6-17-11(16)19-8-2-4-9(5-3-8)21-12(13,14)15;/h2-5H,6H2,1H3,(H3,16,17,19);1H. The van der Waals surface area contributed by atoms with Gasteiger partial charge in [-0.2, -0.15) is 4.98 Å². The van der Waals surface area contributed by atoms with E-state index in [9.17, 15) is 13.2 Å². The largest absolute Gasteiger partial charge is 0.573 e. The molecular formula is C12H13F3IN5O2. The van der Waals surface area contributed by atoms with E-state index in [1.54, 1.807) is 6.92 Å². The average Bonchev–Trinajstić information content (AvgIpc) is 2.83. The van der Waals surface area contributed by atoms with Crippen LogP contribution in [0.4, 0.5) is 18.9 Å². The van der Waals surface area contributed by atoms with Crippen molar-refractivity contribution in [3.63, 3.8) is 0 Å². The molecule has 0 unspecified atom stereocenters. The Morgan fingerprint density at radius 2 is 2.00 bits per heavy atom. The van der Waals surface area contributed by atoms with Crippen LogP contribution in [-0.2, 0) is 6.54 Å². The van der Waals surface area contributed by atoms with Gasteiger partial charge in [0.1, 0.15) is 12.3 Å². The fourth-order valence-electron chi connectivity index (χ4n) is 1.49. The molecule has 11 heteroatoms. The lowest BCUT2D eigenvalue weighted by molar-refractivity contribution is -0.274. The number of hydrogen-bond acceptors (Lipinski definition) is 5. The molecule has 23 heavy (non-hydrogen) atoms. The molecule has 2 rings (SSSR count). The van der Waals surface area contributed by atoms with Crippen LogP contribution in [0.15, 0.2) is 33.8 Å². The van der Waals surface area contributed by atoms with Crippen molar-refractivity contribution in [2.75, 3.05) is 5.32 Å². The molecule has 7 nitrogen and oxygen atoms in total. The highest BCUT2D eigenvalue weighted by Crippen LogP contribution is 2.23. The molecule has 0 amide bonds. The first kappa shape index (κ1) is 19.0. The molecule has 1 aromatic heterocycles. The van der Waals surface area contributed by atoms with E-state index >= 15 is 0 Å². The van der Waals surface area contributed by atoms with Crippen LogP contribution in [0.1, 0.15) is 11.7 Å². The minimum Gasteiger partial charge on any atom is -0.406 e. The Morgan fingerprint density at radius 3 is 2.52 bits per heavy atom. The molecule has 2 aromatic rings. The molecular weight excluding hydrogens is 430 g/mol. The molecule has 0 fully saturated rings. The number of benzene rings is 1. The number of aliphatic imine (C=N–C) groups is 1. The van der Waals surface area contributed by atoms with E-state index in [0.717, 1.165) is 12.1 Å². The van der Waals surface area contributed by atoms with Crippen molar-refractivity contribution in [3.05, 3.63) is 36.0 Å². The first-order valence-corrected chi connectivity index (χ1v) is 6.04. The number of nitrogens with zero attached hydrogens (tertiary/aromatic N) is 3. The van der Waals surface area contributed by atoms with Gasteiger partial charge in [-0.25, -0.2) is 4.99 Å². The van der Waals surface area contributed by atoms with Crippen molar-refractivity contribution in [1.29, 1.82) is 0 Å². The zero-order valence-electron chi connectivity index (χ0n) is 11.8. The van der Waals surface area contributed by atoms with E-state index in [4.69, 9.17) is 10.3 Å². The molecule has 1 aromatic carbocycles. The summed E-state index contributed by atoms with van der Waals surface area (Å²) in [6.07, 6.45) is -4.72. The van der Waals surface area contributed by atoms with Gasteiger partial charge in [0.15, 0.2) is 11.8 Å². The Labute approximate surface area is 146 Å². The van der Waals surface area contributed by atoms with E-state index in [2.05, 4.69) is 25.2 Å². The van der Waals surface area contributed by atoms with Crippen LogP contribution < -0.4 is 15.8 Å². The highest BCUT2D eigenvalue weighted by atomic mass is 127. The van der Waals surface area contributed by atoms with Gasteiger partial charge in [-0.1, -0.05) is 5.16 Å². The van der Waals surface area contributed by atoms with Gasteiger partial charge in [-0.05, 0) is 24.3 Å². The third-order valence-electron chi connectivity index (χ3n) is 2.32. The molecule has 0 saturated heterocycles. The SMILES string of the molecule is Cc1nc(CN=C(N)Nc2ccc(OC(F)(F)F)cc2)no1.I. The normalized spacial score (nSPS) is 11.7. The number of ether oxygens (including phenoxy) is 1. The number of halogens is 4. The molecule has 126 valence electrons. The average molecular weight is 443 g/mol. The third kappa shape index (κ3) is 6.71. The molecule has 3 N–H and O–H groups in total. The Hall–Kier alpha value is -2.05. The molecule has 0 aliphatic carbocycles. The van der Waals surface area contributed by atoms with Gasteiger partial charge in [0.25, 0.3) is 0 Å². The predicted octanol–water partition coefficient (Wildman–Crippen LogP) is 2.82. The van der Waals surface area contributed by atoms with Crippen LogP contribution in [0.2, 0.25) is 0 Å². The van der Waals surface area contributed by atoms with Crippen molar-refractivity contribution in [3.8, 4) is 5.75 Å². The Morgan fingerprint density at radius 1 is 1.35 bits per heavy atom. The number of hydrogen-bond donors (Lipinski definition) is 2. The highest BCUT2D eigenvalue weighted by molar-refractivity contribution is 14.0. The fraction of sp³-hybridized carbons (Fsp3) is 0.250. The summed E-state index contributed by atoms with van der Waals surface area (Å²) in [5, 5.41) is 6.35. The highest BCUT2D eigenvalue weighted by Gasteiger charge is 2.30. The Bertz CT molecular complexity index is 657. The van der Waals surface area contributed by atoms with Crippen molar-refractivity contribution in [2.45, 2.75) is 19.8 Å². The number of guanidine groups is 1. The van der Waals surface area contributed by atoms with Gasteiger partial charge in [0.05, 0.1) is 0 Å². The second-order valence-corrected chi connectivity index (χ2v) is 4.13. The zero-order chi connectivity index (χ0) is 16.2. The summed E-state index contributed by atoms with van der Waals surface area (Å²) < 4.78 is 44.6. The van der Waals surface area contributed by atoms with E-state index in [0.29, 0.717) is 17.4 Å². The summed E-state index contributed by atoms with van der Waals surface area (Å²) in [6.45, 7) is 1.76. The Balaban J connectivity index is 0.00000264. The lowest BCUT2D eigenvalue weighted by atomic mass is 10.3. The lowest BCUT2D eigenvalue weighted by Crippen LogP contribution is -2.22. The predicted molar refractivity (Wildman–Crippen MR) is 86.5 cm³/mol. The second kappa shape index (κ2) is 7.99. The van der Waals surface area contributed by atoms with Gasteiger partial charge in [-0.15, -0.1) is 37.1 Å². The quantitative estimate of drug-likeness (QED) is 0.429. The van der Waals surface area contributed by atoms with Crippen LogP contribution in [0.5, 0.6) is 5.75 Å². The molecule has 0 aliphatic rings. The molecule has 0 aliphatic heterocycles. The molecule has 0 spiro atoms. The minimum absolute atomic E-state index is 0. The van der Waals surface area contributed by atoms with E-state index in [-0.39, 0.29) is 42.2 Å². The summed E-state index contributed by atoms with van der Waals surface area (Å²) in [6, 6.07) is 5.07. The third-order valence-corrected chi connectivity index (χ3v) is 2.32. The number of aromatic nitrogens is 2. The number of nitrogens with one attached hydrogen (secondary N) is 1. The van der Waals surface area contributed by atoms with Crippen LogP contribution in [0.25, 0.3) is 0 Å². The number of nitrogens with two attached hydrogens (primary N) is 1. The van der Waals surface area contributed by atoms with Gasteiger partial charge < -0.3 is 20.3 Å². The second-order valence-electron chi connectivity index (χ2n) is 4.13. The first-order chi connectivity index (χ1) is 10.3. The fourth-order valence-corrected chi connectivity index (χ4v) is 1.49. The Kier molecular flexibility index (Phi) is 6.60. The van der Waals surface area contributed by atoms with E-state index in [1.165, 1.54) is 12.1 Å². The summed E-state index contributed by atoms with van der Waals surface area (Å²) in [7, 11) is 0. The van der Waals surface area contributed by atoms with E-state index < -0.39 is 6.36 Å².